The molecule has 19 nitrogen and oxygen atoms in total. The van der Waals surface area contributed by atoms with Gasteiger partial charge < -0.3 is 89.9 Å². The average molecular weight is 1230 g/mol. The van der Waals surface area contributed by atoms with Gasteiger partial charge in [0.15, 0.2) is 18.9 Å². The second-order valence-electron chi connectivity index (χ2n) is 25.3. The Balaban J connectivity index is 1.34. The lowest BCUT2D eigenvalue weighted by Gasteiger charge is -2.48. The van der Waals surface area contributed by atoms with E-state index in [2.05, 4.69) is 31.3 Å². The van der Waals surface area contributed by atoms with Crippen molar-refractivity contribution >= 4 is 5.91 Å². The van der Waals surface area contributed by atoms with Crippen molar-refractivity contribution < 1.29 is 89.4 Å². The monoisotopic (exact) mass is 1230 g/mol. The molecule has 17 unspecified atom stereocenters. The molecule has 0 saturated carbocycles. The summed E-state index contributed by atoms with van der Waals surface area (Å²) in [6.45, 7) is 1.74. The fourth-order valence-corrected chi connectivity index (χ4v) is 12.1. The number of hydrogen-bond donors (Lipinski definition) is 12. The highest BCUT2D eigenvalue weighted by molar-refractivity contribution is 5.76. The van der Waals surface area contributed by atoms with Crippen LogP contribution in [0.1, 0.15) is 277 Å². The lowest BCUT2D eigenvalue weighted by molar-refractivity contribution is -0.379. The van der Waals surface area contributed by atoms with E-state index in [1.165, 1.54) is 173 Å². The van der Waals surface area contributed by atoms with E-state index in [1.54, 1.807) is 0 Å². The molecule has 3 aliphatic heterocycles. The van der Waals surface area contributed by atoms with Crippen molar-refractivity contribution in [1.82, 2.24) is 5.32 Å². The summed E-state index contributed by atoms with van der Waals surface area (Å²) in [6.07, 6.45) is 27.7. The molecule has 0 aromatic heterocycles. The van der Waals surface area contributed by atoms with E-state index < -0.39 is 124 Å². The van der Waals surface area contributed by atoms with Gasteiger partial charge in [-0.15, -0.1) is 0 Å². The molecule has 0 aromatic rings. The van der Waals surface area contributed by atoms with Gasteiger partial charge in [0.25, 0.3) is 0 Å². The van der Waals surface area contributed by atoms with E-state index in [-0.39, 0.29) is 18.9 Å². The number of unbranched alkanes of at least 4 members (excludes halogenated alkanes) is 36. The van der Waals surface area contributed by atoms with Crippen molar-refractivity contribution in [3.8, 4) is 0 Å². The first-order valence-corrected chi connectivity index (χ1v) is 34.9. The van der Waals surface area contributed by atoms with Crippen molar-refractivity contribution in [3.05, 3.63) is 12.2 Å². The zero-order valence-electron chi connectivity index (χ0n) is 53.6. The molecule has 0 aliphatic carbocycles. The second-order valence-corrected chi connectivity index (χ2v) is 25.3. The molecular formula is C67H127NO18. The minimum absolute atomic E-state index is 0.252. The number of amides is 1. The molecule has 3 aliphatic rings. The summed E-state index contributed by atoms with van der Waals surface area (Å²) in [5.74, 6) is -0.252. The molecule has 86 heavy (non-hydrogen) atoms. The van der Waals surface area contributed by atoms with Crippen LogP contribution in [0.5, 0.6) is 0 Å². The van der Waals surface area contributed by atoms with Crippen LogP contribution in [0.25, 0.3) is 0 Å². The quantitative estimate of drug-likeness (QED) is 0.0200. The molecule has 12 N–H and O–H groups in total. The smallest absolute Gasteiger partial charge is 0.220 e. The molecular weight excluding hydrogens is 1110 g/mol. The Morgan fingerprint density at radius 3 is 1.17 bits per heavy atom. The maximum Gasteiger partial charge on any atom is 0.220 e. The number of nitrogens with one attached hydrogen (secondary N) is 1. The van der Waals surface area contributed by atoms with Crippen molar-refractivity contribution in [1.29, 1.82) is 0 Å². The molecule has 0 aromatic carbocycles. The number of aliphatic hydroxyl groups excluding tert-OH is 11. The predicted octanol–water partition coefficient (Wildman–Crippen LogP) is 8.89. The maximum absolute atomic E-state index is 13.3. The van der Waals surface area contributed by atoms with Gasteiger partial charge in [-0.3, -0.25) is 4.79 Å². The van der Waals surface area contributed by atoms with Gasteiger partial charge in [0.05, 0.1) is 38.6 Å². The Morgan fingerprint density at radius 2 is 0.756 bits per heavy atom. The highest BCUT2D eigenvalue weighted by atomic mass is 16.8. The van der Waals surface area contributed by atoms with Crippen LogP contribution in [0.2, 0.25) is 0 Å². The van der Waals surface area contributed by atoms with E-state index in [1.807, 2.05) is 0 Å². The summed E-state index contributed by atoms with van der Waals surface area (Å²) in [4.78, 5) is 13.3. The number of rotatable bonds is 54. The molecule has 0 bridgehead atoms. The Bertz CT molecular complexity index is 1620. The summed E-state index contributed by atoms with van der Waals surface area (Å²) in [6, 6.07) is -0.888. The minimum atomic E-state index is -1.97. The third-order valence-corrected chi connectivity index (χ3v) is 17.8. The van der Waals surface area contributed by atoms with Crippen LogP contribution < -0.4 is 5.32 Å². The van der Waals surface area contributed by atoms with Gasteiger partial charge in [-0.2, -0.15) is 0 Å². The SMILES string of the molecule is CCC/C=C\CCCCCCCC(=O)NC(COC1OC(CO)C(OC2OC(CO)C(OC3OC(CO)C(O)C(O)C3O)C(O)C2O)C(O)C1O)C(O)CCCCCCCCCCCCCCCCCCCCCCCCCCCCCCCCC. The summed E-state index contributed by atoms with van der Waals surface area (Å²) in [5, 5.41) is 120. The van der Waals surface area contributed by atoms with Crippen LogP contribution in [-0.4, -0.2) is 193 Å². The van der Waals surface area contributed by atoms with Crippen LogP contribution in [0.4, 0.5) is 0 Å². The van der Waals surface area contributed by atoms with Gasteiger partial charge in [-0.25, -0.2) is 0 Å². The predicted molar refractivity (Wildman–Crippen MR) is 333 cm³/mol. The number of aliphatic hydroxyl groups is 11. The van der Waals surface area contributed by atoms with Gasteiger partial charge in [0.2, 0.25) is 5.91 Å². The largest absolute Gasteiger partial charge is 0.394 e. The topological polar surface area (TPSA) is 307 Å². The number of hydrogen-bond acceptors (Lipinski definition) is 18. The average Bonchev–Trinajstić information content (AvgIpc) is 1.38. The van der Waals surface area contributed by atoms with Crippen LogP contribution >= 0.6 is 0 Å². The Morgan fingerprint density at radius 1 is 0.407 bits per heavy atom. The standard InChI is InChI=1S/C67H127NO18/c1-3-5-7-9-11-13-15-16-17-18-19-20-21-22-23-24-25-26-27-28-29-30-31-32-33-34-35-36-38-40-42-44-51(72)50(68-55(73)45-43-41-39-37-14-12-10-8-6-4-2)49-81-65-61(79)58(76)63(53(47-70)83-65)86-67-62(80)59(77)64(54(48-71)84-67)85-66-60(78)57(75)56(74)52(46-69)82-66/h8,10,50-54,56-67,69-72,74-80H,3-7,9,11-49H2,1-2H3,(H,68,73)/b10-8-. The van der Waals surface area contributed by atoms with E-state index in [0.29, 0.717) is 12.8 Å². The third kappa shape index (κ3) is 32.2. The highest BCUT2D eigenvalue weighted by Gasteiger charge is 2.53. The molecule has 0 spiro atoms. The van der Waals surface area contributed by atoms with Crippen molar-refractivity contribution in [2.24, 2.45) is 0 Å². The van der Waals surface area contributed by atoms with E-state index >= 15 is 0 Å². The van der Waals surface area contributed by atoms with Gasteiger partial charge in [0, 0.05) is 6.42 Å². The minimum Gasteiger partial charge on any atom is -0.394 e. The number of allylic oxidation sites excluding steroid dienone is 2. The highest BCUT2D eigenvalue weighted by Crippen LogP contribution is 2.33. The molecule has 19 heteroatoms. The summed E-state index contributed by atoms with van der Waals surface area (Å²) >= 11 is 0. The van der Waals surface area contributed by atoms with Gasteiger partial charge in [-0.1, -0.05) is 251 Å². The van der Waals surface area contributed by atoms with Crippen LogP contribution in [-0.2, 0) is 33.2 Å². The Labute approximate surface area is 518 Å². The van der Waals surface area contributed by atoms with E-state index in [4.69, 9.17) is 28.4 Å². The molecule has 3 rings (SSSR count). The van der Waals surface area contributed by atoms with Gasteiger partial charge in [-0.05, 0) is 32.1 Å². The van der Waals surface area contributed by atoms with Crippen molar-refractivity contribution in [2.45, 2.75) is 381 Å². The van der Waals surface area contributed by atoms with E-state index in [9.17, 15) is 61.0 Å². The summed E-state index contributed by atoms with van der Waals surface area (Å²) in [5.41, 5.74) is 0. The van der Waals surface area contributed by atoms with Gasteiger partial charge >= 0.3 is 0 Å². The van der Waals surface area contributed by atoms with Crippen LogP contribution in [0.3, 0.4) is 0 Å². The van der Waals surface area contributed by atoms with Crippen molar-refractivity contribution in [3.63, 3.8) is 0 Å². The molecule has 17 atom stereocenters. The van der Waals surface area contributed by atoms with Crippen molar-refractivity contribution in [2.75, 3.05) is 26.4 Å². The normalized spacial score (nSPS) is 28.8. The van der Waals surface area contributed by atoms with Crippen LogP contribution in [0, 0.1) is 0 Å². The molecule has 3 fully saturated rings. The maximum atomic E-state index is 13.3. The zero-order valence-corrected chi connectivity index (χ0v) is 53.6. The first-order chi connectivity index (χ1) is 41.8. The number of carbonyl (C=O) groups excluding carboxylic acids is 1. The second kappa shape index (κ2) is 50.1. The first-order valence-electron chi connectivity index (χ1n) is 34.9. The Hall–Kier alpha value is -1.47. The molecule has 1 amide bonds. The molecule has 3 heterocycles. The Kier molecular flexibility index (Phi) is 45.9. The van der Waals surface area contributed by atoms with E-state index in [0.717, 1.165) is 70.6 Å². The summed E-state index contributed by atoms with van der Waals surface area (Å²) < 4.78 is 34.3. The zero-order chi connectivity index (χ0) is 62.6. The molecule has 0 radical (unpaired) electrons. The fourth-order valence-electron chi connectivity index (χ4n) is 12.1. The molecule has 508 valence electrons. The third-order valence-electron chi connectivity index (χ3n) is 17.8. The lowest BCUT2D eigenvalue weighted by Crippen LogP contribution is -2.66. The lowest BCUT2D eigenvalue weighted by atomic mass is 9.96. The molecule has 3 saturated heterocycles. The fraction of sp³-hybridized carbons (Fsp3) is 0.955. The van der Waals surface area contributed by atoms with Gasteiger partial charge in [0.1, 0.15) is 73.2 Å². The first kappa shape index (κ1) is 78.8. The summed E-state index contributed by atoms with van der Waals surface area (Å²) in [7, 11) is 0. The number of ether oxygens (including phenoxy) is 6. The number of carbonyl (C=O) groups is 1. The van der Waals surface area contributed by atoms with Crippen LogP contribution in [0.15, 0.2) is 12.2 Å².